The standard InChI is InChI=1S/C22H22O3/c1-24-22-15-19(20(23)14-17-8-4-2-5-9-17)12-13-21(22)25-16-18-10-6-3-7-11-18/h2-13,15,20,23H,14,16H2,1H3. The maximum atomic E-state index is 10.5. The van der Waals surface area contributed by atoms with Crippen molar-refractivity contribution >= 4 is 0 Å². The fraction of sp³-hybridized carbons (Fsp3) is 0.182. The Morgan fingerprint density at radius 3 is 2.08 bits per heavy atom. The van der Waals surface area contributed by atoms with Crippen LogP contribution in [-0.2, 0) is 13.0 Å². The van der Waals surface area contributed by atoms with Gasteiger partial charge >= 0.3 is 0 Å². The Kier molecular flexibility index (Phi) is 5.70. The second-order valence-electron chi connectivity index (χ2n) is 5.89. The molecule has 0 amide bonds. The predicted octanol–water partition coefficient (Wildman–Crippen LogP) is 4.55. The molecule has 0 aliphatic rings. The quantitative estimate of drug-likeness (QED) is 0.689. The molecule has 1 N–H and O–H groups in total. The number of ether oxygens (including phenoxy) is 2. The van der Waals surface area contributed by atoms with Crippen LogP contribution in [0, 0.1) is 0 Å². The van der Waals surface area contributed by atoms with Gasteiger partial charge in [-0.3, -0.25) is 0 Å². The zero-order valence-corrected chi connectivity index (χ0v) is 14.3. The lowest BCUT2D eigenvalue weighted by atomic mass is 10.0. The van der Waals surface area contributed by atoms with Crippen molar-refractivity contribution in [3.8, 4) is 11.5 Å². The summed E-state index contributed by atoms with van der Waals surface area (Å²) in [6.45, 7) is 0.475. The third-order valence-corrected chi connectivity index (χ3v) is 4.08. The van der Waals surface area contributed by atoms with Gasteiger partial charge in [-0.05, 0) is 28.8 Å². The van der Waals surface area contributed by atoms with E-state index in [2.05, 4.69) is 0 Å². The van der Waals surface area contributed by atoms with Crippen molar-refractivity contribution in [2.45, 2.75) is 19.1 Å². The van der Waals surface area contributed by atoms with Crippen LogP contribution < -0.4 is 9.47 Å². The number of rotatable bonds is 7. The van der Waals surface area contributed by atoms with Gasteiger partial charge in [-0.15, -0.1) is 0 Å². The summed E-state index contributed by atoms with van der Waals surface area (Å²) in [7, 11) is 1.61. The normalized spacial score (nSPS) is 11.8. The summed E-state index contributed by atoms with van der Waals surface area (Å²) in [6, 6.07) is 25.5. The van der Waals surface area contributed by atoms with Crippen LogP contribution in [0.1, 0.15) is 22.8 Å². The summed E-state index contributed by atoms with van der Waals surface area (Å²) < 4.78 is 11.3. The number of methoxy groups -OCH3 is 1. The average Bonchev–Trinajstić information content (AvgIpc) is 2.67. The lowest BCUT2D eigenvalue weighted by Crippen LogP contribution is -2.03. The third kappa shape index (κ3) is 4.61. The molecule has 0 aromatic heterocycles. The minimum absolute atomic E-state index is 0.475. The number of hydrogen-bond acceptors (Lipinski definition) is 3. The van der Waals surface area contributed by atoms with E-state index in [9.17, 15) is 5.11 Å². The molecular formula is C22H22O3. The maximum Gasteiger partial charge on any atom is 0.161 e. The maximum absolute atomic E-state index is 10.5. The molecule has 0 spiro atoms. The van der Waals surface area contributed by atoms with E-state index in [0.717, 1.165) is 16.7 Å². The van der Waals surface area contributed by atoms with E-state index in [-0.39, 0.29) is 0 Å². The van der Waals surface area contributed by atoms with Gasteiger partial charge in [0.25, 0.3) is 0 Å². The zero-order valence-electron chi connectivity index (χ0n) is 14.3. The number of aliphatic hydroxyl groups is 1. The Labute approximate surface area is 148 Å². The second kappa shape index (κ2) is 8.36. The lowest BCUT2D eigenvalue weighted by molar-refractivity contribution is 0.177. The van der Waals surface area contributed by atoms with Crippen molar-refractivity contribution in [1.82, 2.24) is 0 Å². The molecule has 0 heterocycles. The highest BCUT2D eigenvalue weighted by molar-refractivity contribution is 5.44. The first-order chi connectivity index (χ1) is 12.3. The van der Waals surface area contributed by atoms with Crippen LogP contribution in [0.25, 0.3) is 0 Å². The second-order valence-corrected chi connectivity index (χ2v) is 5.89. The largest absolute Gasteiger partial charge is 0.493 e. The molecule has 0 saturated carbocycles. The topological polar surface area (TPSA) is 38.7 Å². The molecule has 3 rings (SSSR count). The first kappa shape index (κ1) is 17.1. The first-order valence-corrected chi connectivity index (χ1v) is 8.33. The highest BCUT2D eigenvalue weighted by atomic mass is 16.5. The molecule has 0 saturated heterocycles. The molecule has 3 heteroatoms. The third-order valence-electron chi connectivity index (χ3n) is 4.08. The van der Waals surface area contributed by atoms with E-state index in [0.29, 0.717) is 24.5 Å². The van der Waals surface area contributed by atoms with Crippen molar-refractivity contribution in [3.63, 3.8) is 0 Å². The molecule has 0 radical (unpaired) electrons. The van der Waals surface area contributed by atoms with Crippen LogP contribution in [0.4, 0.5) is 0 Å². The van der Waals surface area contributed by atoms with Crippen LogP contribution in [0.2, 0.25) is 0 Å². The van der Waals surface area contributed by atoms with E-state index in [4.69, 9.17) is 9.47 Å². The Balaban J connectivity index is 1.70. The molecular weight excluding hydrogens is 312 g/mol. The molecule has 0 bridgehead atoms. The number of hydrogen-bond donors (Lipinski definition) is 1. The van der Waals surface area contributed by atoms with Gasteiger partial charge in [-0.2, -0.15) is 0 Å². The molecule has 3 aromatic rings. The van der Waals surface area contributed by atoms with E-state index in [1.165, 1.54) is 0 Å². The summed E-state index contributed by atoms with van der Waals surface area (Å²) in [5.74, 6) is 1.29. The summed E-state index contributed by atoms with van der Waals surface area (Å²) in [5.41, 5.74) is 3.00. The highest BCUT2D eigenvalue weighted by Crippen LogP contribution is 2.32. The average molecular weight is 334 g/mol. The van der Waals surface area contributed by atoms with Crippen LogP contribution in [-0.4, -0.2) is 12.2 Å². The lowest BCUT2D eigenvalue weighted by Gasteiger charge is -2.15. The Morgan fingerprint density at radius 1 is 0.800 bits per heavy atom. The van der Waals surface area contributed by atoms with Crippen LogP contribution in [0.5, 0.6) is 11.5 Å². The van der Waals surface area contributed by atoms with E-state index in [1.807, 2.05) is 78.9 Å². The van der Waals surface area contributed by atoms with E-state index < -0.39 is 6.10 Å². The predicted molar refractivity (Wildman–Crippen MR) is 98.9 cm³/mol. The van der Waals surface area contributed by atoms with Crippen LogP contribution in [0.3, 0.4) is 0 Å². The van der Waals surface area contributed by atoms with Crippen LogP contribution in [0.15, 0.2) is 78.9 Å². The van der Waals surface area contributed by atoms with Crippen LogP contribution >= 0.6 is 0 Å². The van der Waals surface area contributed by atoms with Gasteiger partial charge in [0, 0.05) is 6.42 Å². The van der Waals surface area contributed by atoms with Crippen molar-refractivity contribution in [2.75, 3.05) is 7.11 Å². The fourth-order valence-corrected chi connectivity index (χ4v) is 2.70. The highest BCUT2D eigenvalue weighted by Gasteiger charge is 2.13. The van der Waals surface area contributed by atoms with Crippen molar-refractivity contribution < 1.29 is 14.6 Å². The Bertz CT molecular complexity index is 785. The van der Waals surface area contributed by atoms with Crippen molar-refractivity contribution in [3.05, 3.63) is 95.6 Å². The monoisotopic (exact) mass is 334 g/mol. The first-order valence-electron chi connectivity index (χ1n) is 8.33. The van der Waals surface area contributed by atoms with Gasteiger partial charge in [-0.1, -0.05) is 66.7 Å². The Hall–Kier alpha value is -2.78. The van der Waals surface area contributed by atoms with Crippen molar-refractivity contribution in [2.24, 2.45) is 0 Å². The van der Waals surface area contributed by atoms with E-state index >= 15 is 0 Å². The van der Waals surface area contributed by atoms with Gasteiger partial charge in [0.1, 0.15) is 6.61 Å². The molecule has 3 aromatic carbocycles. The summed E-state index contributed by atoms with van der Waals surface area (Å²) >= 11 is 0. The number of aliphatic hydroxyl groups excluding tert-OH is 1. The van der Waals surface area contributed by atoms with Gasteiger partial charge in [0.05, 0.1) is 13.2 Å². The smallest absolute Gasteiger partial charge is 0.161 e. The van der Waals surface area contributed by atoms with Gasteiger partial charge in [0.2, 0.25) is 0 Å². The molecule has 25 heavy (non-hydrogen) atoms. The summed E-state index contributed by atoms with van der Waals surface area (Å²) in [6.07, 6.45) is -0.0201. The molecule has 0 fully saturated rings. The Morgan fingerprint density at radius 2 is 1.44 bits per heavy atom. The molecule has 0 aliphatic carbocycles. The minimum Gasteiger partial charge on any atom is -0.493 e. The number of benzene rings is 3. The summed E-state index contributed by atoms with van der Waals surface area (Å²) in [5, 5.41) is 10.5. The molecule has 3 nitrogen and oxygen atoms in total. The minimum atomic E-state index is -0.584. The van der Waals surface area contributed by atoms with Crippen molar-refractivity contribution in [1.29, 1.82) is 0 Å². The molecule has 128 valence electrons. The van der Waals surface area contributed by atoms with E-state index in [1.54, 1.807) is 7.11 Å². The molecule has 1 unspecified atom stereocenters. The van der Waals surface area contributed by atoms with Gasteiger partial charge in [0.15, 0.2) is 11.5 Å². The zero-order chi connectivity index (χ0) is 17.5. The molecule has 1 atom stereocenters. The van der Waals surface area contributed by atoms with Gasteiger partial charge in [-0.25, -0.2) is 0 Å². The molecule has 0 aliphatic heterocycles. The summed E-state index contributed by atoms with van der Waals surface area (Å²) in [4.78, 5) is 0. The fourth-order valence-electron chi connectivity index (χ4n) is 2.70. The van der Waals surface area contributed by atoms with Gasteiger partial charge < -0.3 is 14.6 Å². The SMILES string of the molecule is COc1cc(C(O)Cc2ccccc2)ccc1OCc1ccccc1.